The summed E-state index contributed by atoms with van der Waals surface area (Å²) in [6, 6.07) is 5.98. The number of carbonyl (C=O) groups excluding carboxylic acids is 1. The predicted octanol–water partition coefficient (Wildman–Crippen LogP) is 6.70. The third-order valence-electron chi connectivity index (χ3n) is 11.5. The second kappa shape index (κ2) is 14.3. The average Bonchev–Trinajstić information content (AvgIpc) is 3.87. The molecule has 15 heteroatoms. The number of carbonyl (C=O) groups is 1. The number of methoxy groups -OCH3 is 1. The van der Waals surface area contributed by atoms with Crippen LogP contribution in [-0.4, -0.2) is 114 Å². The molecule has 2 aromatic carbocycles. The van der Waals surface area contributed by atoms with Crippen molar-refractivity contribution >= 4 is 33.7 Å². The molecule has 0 unspecified atom stereocenters. The molecule has 11 nitrogen and oxygen atoms in total. The van der Waals surface area contributed by atoms with E-state index in [1.165, 1.54) is 4.90 Å². The van der Waals surface area contributed by atoms with Gasteiger partial charge in [-0.15, -0.1) is 0 Å². The fourth-order valence-corrected chi connectivity index (χ4v) is 8.42. The van der Waals surface area contributed by atoms with Gasteiger partial charge in [-0.2, -0.15) is 23.1 Å². The molecule has 288 valence electrons. The minimum absolute atomic E-state index is 0.0429. The maximum Gasteiger partial charge on any atom is 0.422 e. The number of hydrogen-bond donors (Lipinski definition) is 1. The summed E-state index contributed by atoms with van der Waals surface area (Å²) >= 11 is 0. The minimum atomic E-state index is -4.60. The monoisotopic (exact) mass is 751 g/mol. The highest BCUT2D eigenvalue weighted by atomic mass is 19.4. The molecule has 4 aliphatic rings. The first-order valence-corrected chi connectivity index (χ1v) is 18.7. The number of fused-ring (bicyclic) bond motifs is 2. The number of alkyl halides is 3. The Morgan fingerprint density at radius 1 is 1.04 bits per heavy atom. The fraction of sp³-hybridized carbons (Fsp3) is 0.538. The number of ether oxygens (including phenoxy) is 3. The Hall–Kier alpha value is -4.50. The predicted molar refractivity (Wildman–Crippen MR) is 196 cm³/mol. The highest BCUT2D eigenvalue weighted by molar-refractivity contribution is 6.05. The molecule has 0 radical (unpaired) electrons. The number of halogens is 4. The van der Waals surface area contributed by atoms with Gasteiger partial charge in [0.2, 0.25) is 0 Å². The van der Waals surface area contributed by atoms with Crippen LogP contribution in [-0.2, 0) is 9.53 Å². The van der Waals surface area contributed by atoms with Crippen molar-refractivity contribution in [2.75, 3.05) is 71.0 Å². The molecule has 3 saturated heterocycles. The summed E-state index contributed by atoms with van der Waals surface area (Å²) in [6.45, 7) is 8.71. The Balaban J connectivity index is 1.23. The lowest BCUT2D eigenvalue weighted by Crippen LogP contribution is -2.62. The maximum absolute atomic E-state index is 14.1. The molecule has 4 fully saturated rings. The zero-order valence-corrected chi connectivity index (χ0v) is 30.6. The topological polar surface area (TPSA) is 109 Å². The standard InChI is InChI=1S/C39H45F4N7O4/c1-23-4-7-29-33(45-22-44-29)30(23)31-27(25-5-6-25)18-28-32(34(31)53-21-39(41,42)43)46-37(54-26-8-12-48(13-9-26)16-17-52-3)47-35(28)49-14-10-38(11-15-49)19-50(20-38)36(51)24(2)40/h4,7,18,22,25-26H,2,5-6,8-17,19-21H2,1,3H3,(H,44,45). The van der Waals surface area contributed by atoms with Gasteiger partial charge in [0, 0.05) is 74.9 Å². The van der Waals surface area contributed by atoms with Crippen molar-refractivity contribution in [3.8, 4) is 22.9 Å². The van der Waals surface area contributed by atoms with Crippen molar-refractivity contribution in [3.63, 3.8) is 0 Å². The van der Waals surface area contributed by atoms with Crippen LogP contribution >= 0.6 is 0 Å². The number of anilines is 1. The lowest BCUT2D eigenvalue weighted by Gasteiger charge is -2.54. The zero-order valence-electron chi connectivity index (χ0n) is 30.6. The van der Waals surface area contributed by atoms with Crippen LogP contribution in [0.5, 0.6) is 11.8 Å². The molecule has 1 aliphatic carbocycles. The van der Waals surface area contributed by atoms with Gasteiger partial charge >= 0.3 is 12.2 Å². The Kier molecular flexibility index (Phi) is 9.65. The number of imidazole rings is 1. The van der Waals surface area contributed by atoms with Gasteiger partial charge in [0.05, 0.1) is 24.0 Å². The molecule has 1 saturated carbocycles. The quantitative estimate of drug-likeness (QED) is 0.132. The summed E-state index contributed by atoms with van der Waals surface area (Å²) in [5.74, 6) is -0.900. The Bertz CT molecular complexity index is 2060. The zero-order chi connectivity index (χ0) is 37.8. The number of piperidine rings is 2. The molecule has 1 amide bonds. The van der Waals surface area contributed by atoms with Crippen LogP contribution in [0.25, 0.3) is 33.1 Å². The molecule has 0 bridgehead atoms. The second-order valence-electron chi connectivity index (χ2n) is 15.3. The average molecular weight is 752 g/mol. The van der Waals surface area contributed by atoms with Crippen LogP contribution in [0.2, 0.25) is 0 Å². The summed E-state index contributed by atoms with van der Waals surface area (Å²) < 4.78 is 73.4. The molecule has 0 atom stereocenters. The van der Waals surface area contributed by atoms with Crippen LogP contribution < -0.4 is 14.4 Å². The fourth-order valence-electron chi connectivity index (χ4n) is 8.42. The van der Waals surface area contributed by atoms with Crippen molar-refractivity contribution in [2.45, 2.75) is 63.6 Å². The lowest BCUT2D eigenvalue weighted by molar-refractivity contribution is -0.153. The minimum Gasteiger partial charge on any atom is -0.481 e. The highest BCUT2D eigenvalue weighted by Gasteiger charge is 2.47. The molecule has 2 aromatic heterocycles. The third kappa shape index (κ3) is 7.19. The summed E-state index contributed by atoms with van der Waals surface area (Å²) in [4.78, 5) is 35.8. The van der Waals surface area contributed by atoms with Crippen LogP contribution in [0.3, 0.4) is 0 Å². The van der Waals surface area contributed by atoms with Gasteiger partial charge in [-0.3, -0.25) is 4.79 Å². The second-order valence-corrected chi connectivity index (χ2v) is 15.3. The normalized spacial score (nSPS) is 19.4. The van der Waals surface area contributed by atoms with Gasteiger partial charge in [0.15, 0.2) is 18.2 Å². The Morgan fingerprint density at radius 3 is 2.44 bits per heavy atom. The highest BCUT2D eigenvalue weighted by Crippen LogP contribution is 2.53. The molecule has 3 aliphatic heterocycles. The number of aryl methyl sites for hydroxylation is 1. The number of aromatic amines is 1. The molecular weight excluding hydrogens is 706 g/mol. The number of H-pyrrole nitrogens is 1. The van der Waals surface area contributed by atoms with Crippen molar-refractivity contribution in [3.05, 3.63) is 48.1 Å². The van der Waals surface area contributed by atoms with Gasteiger partial charge < -0.3 is 33.9 Å². The van der Waals surface area contributed by atoms with E-state index in [4.69, 9.17) is 24.2 Å². The maximum atomic E-state index is 14.1. The van der Waals surface area contributed by atoms with E-state index >= 15 is 0 Å². The van der Waals surface area contributed by atoms with Gasteiger partial charge in [-0.25, -0.2) is 9.37 Å². The lowest BCUT2D eigenvalue weighted by atomic mass is 9.72. The van der Waals surface area contributed by atoms with E-state index in [-0.39, 0.29) is 34.7 Å². The number of nitrogens with zero attached hydrogens (tertiary/aromatic N) is 6. The van der Waals surface area contributed by atoms with E-state index in [1.807, 2.05) is 25.1 Å². The molecule has 1 N–H and O–H groups in total. The Morgan fingerprint density at radius 2 is 1.78 bits per heavy atom. The molecule has 8 rings (SSSR count). The van der Waals surface area contributed by atoms with Crippen molar-refractivity contribution in [1.82, 2.24) is 29.7 Å². The molecule has 1 spiro atoms. The van der Waals surface area contributed by atoms with Gasteiger partial charge in [0.25, 0.3) is 5.91 Å². The number of likely N-dealkylation sites (tertiary alicyclic amines) is 2. The number of rotatable bonds is 11. The summed E-state index contributed by atoms with van der Waals surface area (Å²) in [5, 5.41) is 0.599. The van der Waals surface area contributed by atoms with Gasteiger partial charge in [-0.05, 0) is 74.6 Å². The molecular formula is C39H45F4N7O4. The molecule has 5 heterocycles. The number of nitrogens with one attached hydrogen (secondary N) is 1. The first kappa shape index (κ1) is 36.5. The summed E-state index contributed by atoms with van der Waals surface area (Å²) in [7, 11) is 1.68. The van der Waals surface area contributed by atoms with Crippen LogP contribution in [0.4, 0.5) is 23.4 Å². The Labute approximate surface area is 310 Å². The number of aromatic nitrogens is 4. The number of amides is 1. The third-order valence-corrected chi connectivity index (χ3v) is 11.5. The van der Waals surface area contributed by atoms with E-state index in [2.05, 4.69) is 26.3 Å². The van der Waals surface area contributed by atoms with E-state index < -0.39 is 24.5 Å². The van der Waals surface area contributed by atoms with Crippen molar-refractivity contribution < 1.29 is 36.6 Å². The van der Waals surface area contributed by atoms with Crippen molar-refractivity contribution in [2.24, 2.45) is 5.41 Å². The largest absolute Gasteiger partial charge is 0.481 e. The molecule has 54 heavy (non-hydrogen) atoms. The van der Waals surface area contributed by atoms with Gasteiger partial charge in [0.1, 0.15) is 17.4 Å². The van der Waals surface area contributed by atoms with E-state index in [0.717, 1.165) is 74.8 Å². The number of hydrogen-bond acceptors (Lipinski definition) is 9. The summed E-state index contributed by atoms with van der Waals surface area (Å²) in [6.07, 6.45) is 1.49. The van der Waals surface area contributed by atoms with Gasteiger partial charge in [-0.1, -0.05) is 12.6 Å². The van der Waals surface area contributed by atoms with Crippen LogP contribution in [0.1, 0.15) is 55.6 Å². The van der Waals surface area contributed by atoms with Crippen LogP contribution in [0.15, 0.2) is 36.9 Å². The molecule has 4 aromatic rings. The van der Waals surface area contributed by atoms with E-state index in [9.17, 15) is 22.4 Å². The van der Waals surface area contributed by atoms with E-state index in [1.54, 1.807) is 13.4 Å². The SMILES string of the molecule is C=C(F)C(=O)N1CC2(CCN(c3nc(OC4CCN(CCOC)CC4)nc4c(OCC(F)(F)F)c(-c5c(C)ccc6[nH]cnc56)c(C5CC5)cc34)CC2)C1. The first-order valence-electron chi connectivity index (χ1n) is 18.7. The summed E-state index contributed by atoms with van der Waals surface area (Å²) in [5.41, 5.74) is 4.53. The smallest absolute Gasteiger partial charge is 0.422 e. The van der Waals surface area contributed by atoms with E-state index in [0.29, 0.717) is 60.6 Å². The van der Waals surface area contributed by atoms with Crippen LogP contribution in [0, 0.1) is 12.3 Å². The first-order chi connectivity index (χ1) is 25.9. The van der Waals surface area contributed by atoms with Crippen molar-refractivity contribution in [1.29, 1.82) is 0 Å². The number of benzene rings is 2.